The summed E-state index contributed by atoms with van der Waals surface area (Å²) in [6.45, 7) is 3.14. The molecule has 0 spiro atoms. The van der Waals surface area contributed by atoms with E-state index in [1.54, 1.807) is 25.1 Å². The van der Waals surface area contributed by atoms with Gasteiger partial charge in [0.05, 0.1) is 6.10 Å². The second kappa shape index (κ2) is 7.76. The van der Waals surface area contributed by atoms with Gasteiger partial charge in [-0.2, -0.15) is 0 Å². The monoisotopic (exact) mass is 289 g/mol. The van der Waals surface area contributed by atoms with E-state index in [9.17, 15) is 9.50 Å². The van der Waals surface area contributed by atoms with Crippen LogP contribution in [0.5, 0.6) is 5.75 Å². The molecule has 0 saturated heterocycles. The summed E-state index contributed by atoms with van der Waals surface area (Å²) in [5, 5.41) is 12.3. The minimum Gasteiger partial charge on any atom is -0.489 e. The largest absolute Gasteiger partial charge is 0.489 e. The summed E-state index contributed by atoms with van der Waals surface area (Å²) < 4.78 is 19.1. The van der Waals surface area contributed by atoms with E-state index in [4.69, 9.17) is 4.74 Å². The normalized spacial score (nSPS) is 12.1. The zero-order chi connectivity index (χ0) is 15.1. The first-order valence-electron chi connectivity index (χ1n) is 6.99. The highest BCUT2D eigenvalue weighted by molar-refractivity contribution is 5.29. The molecule has 112 valence electrons. The smallest absolute Gasteiger partial charge is 0.129 e. The van der Waals surface area contributed by atoms with Crippen molar-refractivity contribution in [3.8, 4) is 5.75 Å². The lowest BCUT2D eigenvalue weighted by atomic mass is 10.2. The van der Waals surface area contributed by atoms with Crippen LogP contribution in [0.4, 0.5) is 4.39 Å². The maximum absolute atomic E-state index is 13.5. The zero-order valence-corrected chi connectivity index (χ0v) is 12.1. The Kier molecular flexibility index (Phi) is 5.72. The van der Waals surface area contributed by atoms with E-state index in [1.165, 1.54) is 6.07 Å². The Balaban J connectivity index is 1.90. The van der Waals surface area contributed by atoms with Gasteiger partial charge in [-0.15, -0.1) is 0 Å². The highest BCUT2D eigenvalue weighted by Crippen LogP contribution is 2.16. The number of hydrogen-bond donors (Lipinski definition) is 2. The number of hydrogen-bond acceptors (Lipinski definition) is 3. The van der Waals surface area contributed by atoms with Crippen LogP contribution >= 0.6 is 0 Å². The molecule has 1 atom stereocenters. The fraction of sp³-hybridized carbons (Fsp3) is 0.294. The van der Waals surface area contributed by atoms with Crippen molar-refractivity contribution >= 4 is 0 Å². The van der Waals surface area contributed by atoms with Crippen LogP contribution in [0.15, 0.2) is 48.5 Å². The molecule has 3 nitrogen and oxygen atoms in total. The fourth-order valence-electron chi connectivity index (χ4n) is 1.95. The van der Waals surface area contributed by atoms with Gasteiger partial charge in [-0.25, -0.2) is 4.39 Å². The number of nitrogens with one attached hydrogen (secondary N) is 1. The first-order valence-corrected chi connectivity index (χ1v) is 6.99. The van der Waals surface area contributed by atoms with Gasteiger partial charge < -0.3 is 15.2 Å². The average Bonchev–Trinajstić information content (AvgIpc) is 2.46. The number of rotatable bonds is 7. The van der Waals surface area contributed by atoms with Gasteiger partial charge in [0, 0.05) is 18.7 Å². The van der Waals surface area contributed by atoms with Gasteiger partial charge in [-0.1, -0.05) is 30.3 Å². The molecule has 0 fully saturated rings. The van der Waals surface area contributed by atoms with Gasteiger partial charge in [-0.05, 0) is 30.7 Å². The molecule has 0 aliphatic carbocycles. The maximum atomic E-state index is 13.5. The minimum absolute atomic E-state index is 0.206. The Morgan fingerprint density at radius 3 is 2.76 bits per heavy atom. The highest BCUT2D eigenvalue weighted by Gasteiger charge is 2.03. The van der Waals surface area contributed by atoms with Gasteiger partial charge in [0.1, 0.15) is 18.2 Å². The predicted molar refractivity (Wildman–Crippen MR) is 80.6 cm³/mol. The Morgan fingerprint density at radius 1 is 1.19 bits per heavy atom. The van der Waals surface area contributed by atoms with E-state index in [1.807, 2.05) is 24.3 Å². The van der Waals surface area contributed by atoms with Crippen LogP contribution in [-0.4, -0.2) is 17.8 Å². The molecule has 0 aliphatic heterocycles. The van der Waals surface area contributed by atoms with Crippen molar-refractivity contribution in [2.45, 2.75) is 26.2 Å². The molecule has 0 aromatic heterocycles. The molecule has 2 N–H and O–H groups in total. The van der Waals surface area contributed by atoms with Gasteiger partial charge in [0.25, 0.3) is 0 Å². The van der Waals surface area contributed by atoms with Gasteiger partial charge >= 0.3 is 0 Å². The summed E-state index contributed by atoms with van der Waals surface area (Å²) >= 11 is 0. The minimum atomic E-state index is -0.370. The standard InChI is InChI=1S/C17H20FNO2/c1-13(20)10-19-11-14-5-4-7-16(9-14)21-12-15-6-2-3-8-17(15)18/h2-9,13,19-20H,10-12H2,1H3. The van der Waals surface area contributed by atoms with Crippen molar-refractivity contribution in [3.05, 3.63) is 65.5 Å². The van der Waals surface area contributed by atoms with Crippen LogP contribution in [-0.2, 0) is 13.2 Å². The molecule has 0 aliphatic rings. The van der Waals surface area contributed by atoms with E-state index < -0.39 is 0 Å². The van der Waals surface area contributed by atoms with E-state index in [-0.39, 0.29) is 18.5 Å². The maximum Gasteiger partial charge on any atom is 0.129 e. The third-order valence-corrected chi connectivity index (χ3v) is 3.02. The molecule has 2 aromatic carbocycles. The second-order valence-electron chi connectivity index (χ2n) is 5.01. The van der Waals surface area contributed by atoms with Crippen LogP contribution in [0.3, 0.4) is 0 Å². The van der Waals surface area contributed by atoms with Crippen LogP contribution in [0.2, 0.25) is 0 Å². The quantitative estimate of drug-likeness (QED) is 0.823. The van der Waals surface area contributed by atoms with E-state index in [0.29, 0.717) is 24.4 Å². The zero-order valence-electron chi connectivity index (χ0n) is 12.1. The summed E-state index contributed by atoms with van der Waals surface area (Å²) in [7, 11) is 0. The summed E-state index contributed by atoms with van der Waals surface area (Å²) in [5.41, 5.74) is 1.59. The molecule has 1 unspecified atom stereocenters. The Bertz CT molecular complexity index is 572. The molecular weight excluding hydrogens is 269 g/mol. The number of halogens is 1. The molecule has 0 amide bonds. The Morgan fingerprint density at radius 2 is 2.00 bits per heavy atom. The van der Waals surface area contributed by atoms with Crippen LogP contribution in [0.25, 0.3) is 0 Å². The van der Waals surface area contributed by atoms with Gasteiger partial charge in [0.15, 0.2) is 0 Å². The first kappa shape index (κ1) is 15.5. The summed E-state index contributed by atoms with van der Waals surface area (Å²) in [6.07, 6.45) is -0.370. The second-order valence-corrected chi connectivity index (χ2v) is 5.01. The van der Waals surface area contributed by atoms with E-state index >= 15 is 0 Å². The van der Waals surface area contributed by atoms with Crippen LogP contribution in [0, 0.1) is 5.82 Å². The summed E-state index contributed by atoms with van der Waals surface area (Å²) in [4.78, 5) is 0. The number of benzene rings is 2. The first-order chi connectivity index (χ1) is 10.1. The lowest BCUT2D eigenvalue weighted by molar-refractivity contribution is 0.191. The molecular formula is C17H20FNO2. The summed E-state index contributed by atoms with van der Waals surface area (Å²) in [5.74, 6) is 0.446. The highest BCUT2D eigenvalue weighted by atomic mass is 19.1. The Hall–Kier alpha value is -1.91. The van der Waals surface area contributed by atoms with Crippen molar-refractivity contribution in [1.29, 1.82) is 0 Å². The van der Waals surface area contributed by atoms with Crippen molar-refractivity contribution in [1.82, 2.24) is 5.32 Å². The number of aliphatic hydroxyl groups is 1. The van der Waals surface area contributed by atoms with Crippen molar-refractivity contribution in [2.24, 2.45) is 0 Å². The number of aliphatic hydroxyl groups excluding tert-OH is 1. The lowest BCUT2D eigenvalue weighted by Gasteiger charge is -2.10. The van der Waals surface area contributed by atoms with Crippen LogP contribution in [0.1, 0.15) is 18.1 Å². The molecule has 2 rings (SSSR count). The molecule has 0 bridgehead atoms. The van der Waals surface area contributed by atoms with E-state index in [0.717, 1.165) is 5.56 Å². The molecule has 4 heteroatoms. The third kappa shape index (κ3) is 5.17. The predicted octanol–water partition coefficient (Wildman–Crippen LogP) is 2.88. The SMILES string of the molecule is CC(O)CNCc1cccc(OCc2ccccc2F)c1. The van der Waals surface area contributed by atoms with Crippen LogP contribution < -0.4 is 10.1 Å². The van der Waals surface area contributed by atoms with Gasteiger partial charge in [-0.3, -0.25) is 0 Å². The molecule has 21 heavy (non-hydrogen) atoms. The van der Waals surface area contributed by atoms with Crippen molar-refractivity contribution in [3.63, 3.8) is 0 Å². The van der Waals surface area contributed by atoms with Gasteiger partial charge in [0.2, 0.25) is 0 Å². The number of ether oxygens (including phenoxy) is 1. The lowest BCUT2D eigenvalue weighted by Crippen LogP contribution is -2.23. The third-order valence-electron chi connectivity index (χ3n) is 3.02. The van der Waals surface area contributed by atoms with E-state index in [2.05, 4.69) is 5.32 Å². The summed E-state index contributed by atoms with van der Waals surface area (Å²) in [6, 6.07) is 14.2. The molecule has 2 aromatic rings. The molecule has 0 heterocycles. The fourth-order valence-corrected chi connectivity index (χ4v) is 1.95. The Labute approximate surface area is 124 Å². The molecule has 0 radical (unpaired) electrons. The van der Waals surface area contributed by atoms with Crippen molar-refractivity contribution in [2.75, 3.05) is 6.54 Å². The average molecular weight is 289 g/mol. The topological polar surface area (TPSA) is 41.5 Å². The molecule has 0 saturated carbocycles. The van der Waals surface area contributed by atoms with Crippen molar-refractivity contribution < 1.29 is 14.2 Å².